The van der Waals surface area contributed by atoms with Crippen molar-refractivity contribution in [2.75, 3.05) is 44.5 Å². The van der Waals surface area contributed by atoms with Crippen LogP contribution in [0.3, 0.4) is 0 Å². The molecule has 1 saturated carbocycles. The lowest BCUT2D eigenvalue weighted by Crippen LogP contribution is -2.40. The van der Waals surface area contributed by atoms with Gasteiger partial charge < -0.3 is 24.8 Å². The normalized spacial score (nSPS) is 21.9. The number of carbonyl (C=O) groups is 1. The highest BCUT2D eigenvalue weighted by Crippen LogP contribution is 2.46. The van der Waals surface area contributed by atoms with Gasteiger partial charge in [0.05, 0.1) is 50.7 Å². The third-order valence-corrected chi connectivity index (χ3v) is 7.69. The molecule has 3 aromatic rings. The Morgan fingerprint density at radius 3 is 2.67 bits per heavy atom. The summed E-state index contributed by atoms with van der Waals surface area (Å²) in [7, 11) is -5.81. The van der Waals surface area contributed by atoms with E-state index in [9.17, 15) is 4.79 Å². The number of pyridine rings is 1. The van der Waals surface area contributed by atoms with Crippen LogP contribution in [0.2, 0.25) is 10.0 Å². The van der Waals surface area contributed by atoms with Gasteiger partial charge in [0.1, 0.15) is 17.0 Å². The molecule has 11 heteroatoms. The maximum absolute atomic E-state index is 12.1. The third-order valence-electron chi connectivity index (χ3n) is 6.94. The van der Waals surface area contributed by atoms with Gasteiger partial charge in [-0.25, -0.2) is 15.0 Å². The van der Waals surface area contributed by atoms with Crippen molar-refractivity contribution in [2.24, 2.45) is 11.8 Å². The van der Waals surface area contributed by atoms with Gasteiger partial charge in [-0.1, -0.05) is 29.8 Å². The number of hydrogen-bond donors (Lipinski definition) is 2. The molecular formula is C28H31Cl2N5O4. The van der Waals surface area contributed by atoms with Crippen molar-refractivity contribution in [3.8, 4) is 22.8 Å². The van der Waals surface area contributed by atoms with Crippen molar-refractivity contribution < 1.29 is 27.2 Å². The fourth-order valence-electron chi connectivity index (χ4n) is 4.58. The predicted molar refractivity (Wildman–Crippen MR) is 153 cm³/mol. The van der Waals surface area contributed by atoms with Crippen molar-refractivity contribution in [1.29, 1.82) is 0 Å². The van der Waals surface area contributed by atoms with E-state index in [0.717, 1.165) is 18.9 Å². The van der Waals surface area contributed by atoms with E-state index >= 15 is 0 Å². The van der Waals surface area contributed by atoms with E-state index in [1.54, 1.807) is 12.3 Å². The van der Waals surface area contributed by atoms with E-state index in [0.29, 0.717) is 61.2 Å². The number of rotatable bonds is 11. The van der Waals surface area contributed by atoms with Gasteiger partial charge in [0.2, 0.25) is 5.95 Å². The minimum Gasteiger partial charge on any atom is -0.495 e. The SMILES string of the molecule is [2H]C([2H])([2H])Oc1cc(OC([2H])([2H])[2H])c(Cl)c(-c2cc3cnc(N[C@@H]4COCC[C@@H]4CC(=O)C=C)nc3c(NCC3CC3)n2)c1Cl. The summed E-state index contributed by atoms with van der Waals surface area (Å²) in [6.45, 7) is 5.13. The smallest absolute Gasteiger partial charge is 0.223 e. The summed E-state index contributed by atoms with van der Waals surface area (Å²) in [6.07, 6.45) is 6.07. The van der Waals surface area contributed by atoms with Gasteiger partial charge in [-0.15, -0.1) is 0 Å². The van der Waals surface area contributed by atoms with E-state index in [2.05, 4.69) is 22.2 Å². The first-order valence-electron chi connectivity index (χ1n) is 15.5. The molecule has 0 bridgehead atoms. The Bertz CT molecular complexity index is 1560. The van der Waals surface area contributed by atoms with E-state index in [4.69, 9.17) is 55.6 Å². The lowest BCUT2D eigenvalue weighted by atomic mass is 9.90. The van der Waals surface area contributed by atoms with E-state index < -0.39 is 14.1 Å². The monoisotopic (exact) mass is 577 g/mol. The number of nitrogens with one attached hydrogen (secondary N) is 2. The first-order chi connectivity index (χ1) is 21.2. The van der Waals surface area contributed by atoms with Crippen LogP contribution in [-0.4, -0.2) is 60.6 Å². The summed E-state index contributed by atoms with van der Waals surface area (Å²) in [4.78, 5) is 26.1. The minimum absolute atomic E-state index is 0.00647. The molecule has 1 aliphatic carbocycles. The standard InChI is InChI=1S/C28H31Cl2N5O4/c1-4-18(36)9-16-7-8-39-14-20(16)34-28-32-13-17-10-19(33-27(26(17)35-28)31-12-15-5-6-15)23-24(29)21(37-2)11-22(38-3)25(23)30/h4,10-11,13,15-16,20H,1,5-9,12,14H2,2-3H3,(H,31,33)(H,32,34,35)/t16-,20-/m1/s1/i2D3,3D3. The minimum atomic E-state index is -2.90. The van der Waals surface area contributed by atoms with E-state index in [1.807, 2.05) is 0 Å². The number of nitrogens with zero attached hydrogens (tertiary/aromatic N) is 3. The Labute approximate surface area is 245 Å². The highest BCUT2D eigenvalue weighted by molar-refractivity contribution is 6.41. The Kier molecular flexibility index (Phi) is 6.34. The van der Waals surface area contributed by atoms with Crippen LogP contribution in [0, 0.1) is 11.8 Å². The van der Waals surface area contributed by atoms with Gasteiger partial charge in [0.25, 0.3) is 0 Å². The molecule has 9 nitrogen and oxygen atoms in total. The summed E-state index contributed by atoms with van der Waals surface area (Å²) in [5.41, 5.74) is 0.663. The Hall–Kier alpha value is -3.14. The zero-order valence-electron chi connectivity index (χ0n) is 26.9. The van der Waals surface area contributed by atoms with Crippen LogP contribution >= 0.6 is 23.2 Å². The number of ether oxygens (including phenoxy) is 3. The average Bonchev–Trinajstić information content (AvgIpc) is 3.79. The molecule has 0 spiro atoms. The van der Waals surface area contributed by atoms with Crippen molar-refractivity contribution in [2.45, 2.75) is 31.7 Å². The fourth-order valence-corrected chi connectivity index (χ4v) is 5.20. The topological polar surface area (TPSA) is 107 Å². The number of ketones is 1. The zero-order valence-corrected chi connectivity index (χ0v) is 22.4. The molecule has 0 radical (unpaired) electrons. The first-order valence-corrected chi connectivity index (χ1v) is 13.3. The van der Waals surface area contributed by atoms with Crippen molar-refractivity contribution >= 4 is 51.7 Å². The van der Waals surface area contributed by atoms with Crippen molar-refractivity contribution in [1.82, 2.24) is 15.0 Å². The highest BCUT2D eigenvalue weighted by atomic mass is 35.5. The van der Waals surface area contributed by atoms with Crippen LogP contribution in [0.5, 0.6) is 11.5 Å². The lowest BCUT2D eigenvalue weighted by molar-refractivity contribution is -0.116. The molecule has 5 rings (SSSR count). The summed E-state index contributed by atoms with van der Waals surface area (Å²) in [5.74, 6) is 0.404. The van der Waals surface area contributed by atoms with Crippen LogP contribution in [-0.2, 0) is 9.53 Å². The molecule has 2 aliphatic rings. The van der Waals surface area contributed by atoms with Gasteiger partial charge in [-0.05, 0) is 43.2 Å². The number of hydrogen-bond acceptors (Lipinski definition) is 9. The van der Waals surface area contributed by atoms with Gasteiger partial charge in [0, 0.05) is 42.8 Å². The zero-order chi connectivity index (χ0) is 32.5. The highest BCUT2D eigenvalue weighted by Gasteiger charge is 2.28. The van der Waals surface area contributed by atoms with Crippen LogP contribution in [0.4, 0.5) is 11.8 Å². The summed E-state index contributed by atoms with van der Waals surface area (Å²) in [6, 6.07) is 2.42. The largest absolute Gasteiger partial charge is 0.495 e. The molecule has 2 fully saturated rings. The molecule has 0 unspecified atom stereocenters. The number of aromatic nitrogens is 3. The number of anilines is 2. The lowest BCUT2D eigenvalue weighted by Gasteiger charge is -2.31. The van der Waals surface area contributed by atoms with Crippen LogP contribution in [0.25, 0.3) is 22.2 Å². The molecule has 39 heavy (non-hydrogen) atoms. The van der Waals surface area contributed by atoms with Crippen LogP contribution in [0.15, 0.2) is 31.0 Å². The Morgan fingerprint density at radius 1 is 1.21 bits per heavy atom. The maximum Gasteiger partial charge on any atom is 0.223 e. The van der Waals surface area contributed by atoms with Crippen LogP contribution < -0.4 is 20.1 Å². The summed E-state index contributed by atoms with van der Waals surface area (Å²) in [5, 5.41) is 6.78. The maximum atomic E-state index is 12.1. The molecule has 3 heterocycles. The predicted octanol–water partition coefficient (Wildman–Crippen LogP) is 5.80. The van der Waals surface area contributed by atoms with Gasteiger partial charge in [0.15, 0.2) is 11.6 Å². The van der Waals surface area contributed by atoms with E-state index in [1.165, 1.54) is 6.08 Å². The summed E-state index contributed by atoms with van der Waals surface area (Å²) < 4.78 is 61.1. The molecule has 0 amide bonds. The third kappa shape index (κ3) is 6.05. The Balaban J connectivity index is 1.58. The molecule has 2 aromatic heterocycles. The molecule has 2 N–H and O–H groups in total. The Morgan fingerprint density at radius 2 is 1.97 bits per heavy atom. The second kappa shape index (κ2) is 11.9. The number of halogens is 2. The second-order valence-corrected chi connectivity index (χ2v) is 10.4. The summed E-state index contributed by atoms with van der Waals surface area (Å²) >= 11 is 13.3. The average molecular weight is 579 g/mol. The molecule has 1 saturated heterocycles. The molecular weight excluding hydrogens is 541 g/mol. The quantitative estimate of drug-likeness (QED) is 0.273. The van der Waals surface area contributed by atoms with E-state index in [-0.39, 0.29) is 50.5 Å². The number of fused-ring (bicyclic) bond motifs is 1. The van der Waals surface area contributed by atoms with Gasteiger partial charge in [-0.3, -0.25) is 4.79 Å². The van der Waals surface area contributed by atoms with Crippen molar-refractivity contribution in [3.05, 3.63) is 41.0 Å². The molecule has 1 aromatic carbocycles. The van der Waals surface area contributed by atoms with Crippen LogP contribution in [0.1, 0.15) is 33.9 Å². The number of benzene rings is 1. The van der Waals surface area contributed by atoms with Crippen molar-refractivity contribution in [3.63, 3.8) is 0 Å². The molecule has 1 aliphatic heterocycles. The van der Waals surface area contributed by atoms with Gasteiger partial charge in [-0.2, -0.15) is 0 Å². The number of allylic oxidation sites excluding steroid dienone is 1. The first kappa shape index (κ1) is 20.7. The molecule has 2 atom stereocenters. The molecule has 206 valence electrons. The number of methoxy groups -OCH3 is 2. The number of carbonyl (C=O) groups excluding carboxylic acids is 1. The van der Waals surface area contributed by atoms with Gasteiger partial charge >= 0.3 is 0 Å². The fraction of sp³-hybridized carbons (Fsp3) is 0.429. The second-order valence-electron chi connectivity index (χ2n) is 9.64.